The monoisotopic (exact) mass is 432 g/mol. The topological polar surface area (TPSA) is 76.0 Å². The maximum Gasteiger partial charge on any atom is 0.389 e. The van der Waals surface area contributed by atoms with Crippen LogP contribution in [0.4, 0.5) is 13.2 Å². The second-order valence-corrected chi connectivity index (χ2v) is 9.65. The lowest BCUT2D eigenvalue weighted by molar-refractivity contribution is -0.142. The molecule has 3 rings (SSSR count). The Morgan fingerprint density at radius 3 is 2.38 bits per heavy atom. The zero-order chi connectivity index (χ0) is 21.3. The van der Waals surface area contributed by atoms with Crippen LogP contribution in [0.2, 0.25) is 0 Å². The van der Waals surface area contributed by atoms with Crippen molar-refractivity contribution in [2.24, 2.45) is 5.16 Å². The number of hydrogen-bond donors (Lipinski definition) is 0. The van der Waals surface area contributed by atoms with Crippen LogP contribution in [0.5, 0.6) is 0 Å². The number of alkyl halides is 3. The first-order valence-electron chi connectivity index (χ1n) is 9.38. The van der Waals surface area contributed by atoms with Crippen molar-refractivity contribution in [3.8, 4) is 0 Å². The van der Waals surface area contributed by atoms with Crippen LogP contribution < -0.4 is 0 Å². The lowest BCUT2D eigenvalue weighted by Gasteiger charge is -2.37. The third-order valence-electron chi connectivity index (χ3n) is 5.33. The number of piperidine rings is 1. The molecule has 0 radical (unpaired) electrons. The summed E-state index contributed by atoms with van der Waals surface area (Å²) in [6.45, 7) is 0.835. The average Bonchev–Trinajstić information content (AvgIpc) is 3.04. The molecule has 2 aliphatic heterocycles. The van der Waals surface area contributed by atoms with Crippen molar-refractivity contribution in [1.29, 1.82) is 0 Å². The van der Waals surface area contributed by atoms with Crippen molar-refractivity contribution in [2.75, 3.05) is 19.3 Å². The SMILES string of the molecule is CS(=O)(=O)c1ccc(C2=NOC3(CCN(C(=O)CCCC(F)(F)F)CC3)C2)cc1. The number of halogens is 3. The molecule has 2 aliphatic rings. The molecule has 0 aromatic heterocycles. The molecular weight excluding hydrogens is 409 g/mol. The predicted molar refractivity (Wildman–Crippen MR) is 100 cm³/mol. The van der Waals surface area contributed by atoms with Gasteiger partial charge in [0.15, 0.2) is 9.84 Å². The van der Waals surface area contributed by atoms with E-state index in [0.29, 0.717) is 32.4 Å². The van der Waals surface area contributed by atoms with Gasteiger partial charge in [0.25, 0.3) is 0 Å². The molecule has 0 bridgehead atoms. The fourth-order valence-electron chi connectivity index (χ4n) is 3.60. The lowest BCUT2D eigenvalue weighted by atomic mass is 9.85. The Morgan fingerprint density at radius 2 is 1.83 bits per heavy atom. The van der Waals surface area contributed by atoms with E-state index in [4.69, 9.17) is 4.84 Å². The number of sulfone groups is 1. The average molecular weight is 432 g/mol. The van der Waals surface area contributed by atoms with E-state index in [0.717, 1.165) is 17.5 Å². The first-order chi connectivity index (χ1) is 13.5. The van der Waals surface area contributed by atoms with Gasteiger partial charge < -0.3 is 9.74 Å². The molecule has 1 amide bonds. The maximum absolute atomic E-state index is 12.2. The van der Waals surface area contributed by atoms with Crippen molar-refractivity contribution >= 4 is 21.5 Å². The number of nitrogens with zero attached hydrogens (tertiary/aromatic N) is 2. The molecule has 1 aromatic rings. The largest absolute Gasteiger partial charge is 0.389 e. The number of benzene rings is 1. The van der Waals surface area contributed by atoms with E-state index in [1.807, 2.05) is 0 Å². The molecule has 10 heteroatoms. The Morgan fingerprint density at radius 1 is 1.21 bits per heavy atom. The van der Waals surface area contributed by atoms with Crippen molar-refractivity contribution in [2.45, 2.75) is 55.2 Å². The minimum Gasteiger partial charge on any atom is -0.388 e. The van der Waals surface area contributed by atoms with Crippen LogP contribution in [0.3, 0.4) is 0 Å². The maximum atomic E-state index is 12.2. The van der Waals surface area contributed by atoms with Gasteiger partial charge >= 0.3 is 6.18 Å². The summed E-state index contributed by atoms with van der Waals surface area (Å²) in [7, 11) is -3.27. The summed E-state index contributed by atoms with van der Waals surface area (Å²) < 4.78 is 59.8. The summed E-state index contributed by atoms with van der Waals surface area (Å²) in [5.41, 5.74) is 0.975. The highest BCUT2D eigenvalue weighted by molar-refractivity contribution is 7.90. The molecule has 0 aliphatic carbocycles. The van der Waals surface area contributed by atoms with E-state index in [1.165, 1.54) is 12.1 Å². The van der Waals surface area contributed by atoms with E-state index in [1.54, 1.807) is 17.0 Å². The molecule has 0 N–H and O–H groups in total. The fraction of sp³-hybridized carbons (Fsp3) is 0.579. The predicted octanol–water partition coefficient (Wildman–Crippen LogP) is 3.31. The Labute approximate surface area is 167 Å². The smallest absolute Gasteiger partial charge is 0.388 e. The van der Waals surface area contributed by atoms with Gasteiger partial charge in [-0.25, -0.2) is 8.42 Å². The summed E-state index contributed by atoms with van der Waals surface area (Å²) >= 11 is 0. The van der Waals surface area contributed by atoms with Gasteiger partial charge in [0.1, 0.15) is 5.60 Å². The molecule has 160 valence electrons. The first-order valence-corrected chi connectivity index (χ1v) is 11.3. The third kappa shape index (κ3) is 5.49. The van der Waals surface area contributed by atoms with Gasteiger partial charge in [-0.1, -0.05) is 17.3 Å². The number of rotatable bonds is 5. The van der Waals surface area contributed by atoms with E-state index in [2.05, 4.69) is 5.16 Å². The summed E-state index contributed by atoms with van der Waals surface area (Å²) in [5.74, 6) is -0.264. The minimum absolute atomic E-state index is 0.109. The second-order valence-electron chi connectivity index (χ2n) is 7.64. The van der Waals surface area contributed by atoms with Crippen LogP contribution in [0.15, 0.2) is 34.3 Å². The Hall–Kier alpha value is -2.10. The number of likely N-dealkylation sites (tertiary alicyclic amines) is 1. The number of amides is 1. The van der Waals surface area contributed by atoms with Gasteiger partial charge in [-0.15, -0.1) is 0 Å². The summed E-state index contributed by atoms with van der Waals surface area (Å²) in [5, 5.41) is 4.16. The van der Waals surface area contributed by atoms with Gasteiger partial charge in [-0.3, -0.25) is 4.79 Å². The van der Waals surface area contributed by atoms with Crippen molar-refractivity contribution in [3.05, 3.63) is 29.8 Å². The molecule has 2 heterocycles. The van der Waals surface area contributed by atoms with Crippen LogP contribution in [0.1, 0.15) is 44.1 Å². The van der Waals surface area contributed by atoms with E-state index in [9.17, 15) is 26.4 Å². The summed E-state index contributed by atoms with van der Waals surface area (Å²) in [6, 6.07) is 6.44. The number of oxime groups is 1. The van der Waals surface area contributed by atoms with E-state index >= 15 is 0 Å². The Balaban J connectivity index is 1.52. The molecule has 0 unspecified atom stereocenters. The van der Waals surface area contributed by atoms with E-state index in [-0.39, 0.29) is 23.6 Å². The van der Waals surface area contributed by atoms with Crippen LogP contribution in [-0.4, -0.2) is 56.1 Å². The van der Waals surface area contributed by atoms with E-state index < -0.39 is 28.0 Å². The van der Waals surface area contributed by atoms with Gasteiger partial charge in [-0.2, -0.15) is 13.2 Å². The summed E-state index contributed by atoms with van der Waals surface area (Å²) in [6.07, 6.45) is -2.71. The van der Waals surface area contributed by atoms with Gasteiger partial charge in [0.05, 0.1) is 10.6 Å². The zero-order valence-electron chi connectivity index (χ0n) is 16.0. The van der Waals surface area contributed by atoms with Crippen molar-refractivity contribution in [3.63, 3.8) is 0 Å². The zero-order valence-corrected chi connectivity index (χ0v) is 16.9. The molecule has 0 saturated carbocycles. The van der Waals surface area contributed by atoms with Crippen molar-refractivity contribution < 1.29 is 31.2 Å². The fourth-order valence-corrected chi connectivity index (χ4v) is 4.23. The van der Waals surface area contributed by atoms with Crippen LogP contribution in [0, 0.1) is 0 Å². The van der Waals surface area contributed by atoms with Gasteiger partial charge in [0, 0.05) is 51.4 Å². The normalized spacial score (nSPS) is 19.2. The first kappa shape index (κ1) is 21.6. The second kappa shape index (κ2) is 7.97. The highest BCUT2D eigenvalue weighted by Crippen LogP contribution is 2.36. The standard InChI is InChI=1S/C19H23F3N2O4S/c1-29(26,27)15-6-4-14(5-7-15)16-13-18(28-23-16)9-11-24(12-10-18)17(25)3-2-8-19(20,21)22/h4-7H,2-3,8-13H2,1H3. The molecule has 0 atom stereocenters. The number of hydrogen-bond acceptors (Lipinski definition) is 5. The minimum atomic E-state index is -4.24. The highest BCUT2D eigenvalue weighted by atomic mass is 32.2. The number of carbonyl (C=O) groups is 1. The number of carbonyl (C=O) groups excluding carboxylic acids is 1. The molecule has 6 nitrogen and oxygen atoms in total. The van der Waals surface area contributed by atoms with Crippen molar-refractivity contribution in [1.82, 2.24) is 4.90 Å². The third-order valence-corrected chi connectivity index (χ3v) is 6.46. The van der Waals surface area contributed by atoms with Crippen LogP contribution >= 0.6 is 0 Å². The Bertz CT molecular complexity index is 887. The quantitative estimate of drug-likeness (QED) is 0.715. The molecule has 1 aromatic carbocycles. The lowest BCUT2D eigenvalue weighted by Crippen LogP contribution is -2.46. The molecule has 1 spiro atoms. The van der Waals surface area contributed by atoms with Crippen LogP contribution in [-0.2, 0) is 19.5 Å². The Kier molecular flexibility index (Phi) is 5.93. The van der Waals surface area contributed by atoms with Gasteiger partial charge in [0.2, 0.25) is 5.91 Å². The summed E-state index contributed by atoms with van der Waals surface area (Å²) in [4.78, 5) is 19.6. The molecule has 29 heavy (non-hydrogen) atoms. The molecule has 1 saturated heterocycles. The molecule has 1 fully saturated rings. The van der Waals surface area contributed by atoms with Gasteiger partial charge in [-0.05, 0) is 24.1 Å². The highest BCUT2D eigenvalue weighted by Gasteiger charge is 2.43. The molecular formula is C19H23F3N2O4S. The van der Waals surface area contributed by atoms with Crippen LogP contribution in [0.25, 0.3) is 0 Å².